The third-order valence-electron chi connectivity index (χ3n) is 6.76. The molecule has 0 saturated heterocycles. The molecule has 0 aromatic heterocycles. The van der Waals surface area contributed by atoms with Crippen molar-refractivity contribution in [2.45, 2.75) is 78.7 Å². The molecule has 1 heterocycles. The molecule has 1 spiro atoms. The zero-order valence-corrected chi connectivity index (χ0v) is 17.6. The van der Waals surface area contributed by atoms with Crippen molar-refractivity contribution in [1.82, 2.24) is 0 Å². The number of carbonyl (C=O) groups excluding carboxylic acids is 2. The van der Waals surface area contributed by atoms with Crippen LogP contribution in [0.2, 0.25) is 0 Å². The van der Waals surface area contributed by atoms with Crippen LogP contribution in [0.3, 0.4) is 0 Å². The second-order valence-corrected chi connectivity index (χ2v) is 9.77. The summed E-state index contributed by atoms with van der Waals surface area (Å²) >= 11 is 0. The first kappa shape index (κ1) is 20.7. The zero-order chi connectivity index (χ0) is 20.9. The molecule has 0 amide bonds. The van der Waals surface area contributed by atoms with Crippen molar-refractivity contribution >= 4 is 12.1 Å². The van der Waals surface area contributed by atoms with Crippen molar-refractivity contribution in [3.63, 3.8) is 0 Å². The first-order chi connectivity index (χ1) is 13.0. The molecule has 2 aliphatic rings. The highest BCUT2D eigenvalue weighted by molar-refractivity contribution is 6.05. The maximum atomic E-state index is 13.0. The summed E-state index contributed by atoms with van der Waals surface area (Å²) < 4.78 is 6.56. The highest BCUT2D eigenvalue weighted by Gasteiger charge is 2.53. The number of phenolic OH excluding ortho intramolecular Hbond substituents is 2. The Bertz CT molecular complexity index is 798. The molecule has 0 unspecified atom stereocenters. The maximum Gasteiger partial charge on any atom is 0.170 e. The lowest BCUT2D eigenvalue weighted by Crippen LogP contribution is -2.55. The van der Waals surface area contributed by atoms with Crippen LogP contribution in [0, 0.1) is 17.3 Å². The number of benzene rings is 1. The van der Waals surface area contributed by atoms with Crippen LogP contribution in [0.4, 0.5) is 0 Å². The van der Waals surface area contributed by atoms with E-state index in [0.717, 1.165) is 25.7 Å². The molecule has 0 atom stereocenters. The van der Waals surface area contributed by atoms with E-state index in [0.29, 0.717) is 24.2 Å². The minimum Gasteiger partial charge on any atom is -0.507 e. The van der Waals surface area contributed by atoms with E-state index in [1.807, 2.05) is 13.8 Å². The third kappa shape index (κ3) is 3.19. The van der Waals surface area contributed by atoms with Gasteiger partial charge in [0.15, 0.2) is 12.1 Å². The van der Waals surface area contributed by atoms with Crippen molar-refractivity contribution in [2.24, 2.45) is 17.3 Å². The fourth-order valence-corrected chi connectivity index (χ4v) is 4.84. The van der Waals surface area contributed by atoms with E-state index < -0.39 is 11.4 Å². The minimum absolute atomic E-state index is 0.0529. The van der Waals surface area contributed by atoms with Crippen LogP contribution in [0.25, 0.3) is 0 Å². The maximum absolute atomic E-state index is 13.0. The number of hydrogen-bond acceptors (Lipinski definition) is 5. The molecule has 154 valence electrons. The summed E-state index contributed by atoms with van der Waals surface area (Å²) in [4.78, 5) is 24.5. The van der Waals surface area contributed by atoms with E-state index in [2.05, 4.69) is 20.8 Å². The molecule has 0 radical (unpaired) electrons. The number of aromatic hydroxyl groups is 2. The SMILES string of the molecule is CC(C)CC(=O)c1c(O)c(C=O)c(O)c2c1OC1(CCC(C)CC1)C(C)(C)C2. The average Bonchev–Trinajstić information content (AvgIpc) is 2.59. The van der Waals surface area contributed by atoms with E-state index in [1.54, 1.807) is 0 Å². The largest absolute Gasteiger partial charge is 0.507 e. The van der Waals surface area contributed by atoms with E-state index in [9.17, 15) is 19.8 Å². The van der Waals surface area contributed by atoms with Crippen molar-refractivity contribution < 1.29 is 24.5 Å². The fourth-order valence-electron chi connectivity index (χ4n) is 4.84. The summed E-state index contributed by atoms with van der Waals surface area (Å²) in [6.07, 6.45) is 4.96. The predicted molar refractivity (Wildman–Crippen MR) is 107 cm³/mol. The summed E-state index contributed by atoms with van der Waals surface area (Å²) in [7, 11) is 0. The second-order valence-electron chi connectivity index (χ2n) is 9.77. The number of phenols is 2. The lowest BCUT2D eigenvalue weighted by Gasteiger charge is -2.53. The number of hydrogen-bond donors (Lipinski definition) is 2. The lowest BCUT2D eigenvalue weighted by molar-refractivity contribution is -0.0915. The Balaban J connectivity index is 2.20. The topological polar surface area (TPSA) is 83.8 Å². The number of aldehydes is 1. The van der Waals surface area contributed by atoms with Gasteiger partial charge in [-0.15, -0.1) is 0 Å². The number of ether oxygens (including phenoxy) is 1. The van der Waals surface area contributed by atoms with Crippen molar-refractivity contribution in [3.8, 4) is 17.2 Å². The van der Waals surface area contributed by atoms with Crippen LogP contribution in [0.1, 0.15) is 93.0 Å². The van der Waals surface area contributed by atoms with E-state index in [4.69, 9.17) is 4.74 Å². The summed E-state index contributed by atoms with van der Waals surface area (Å²) in [5.41, 5.74) is -0.426. The molecule has 1 aromatic rings. The number of ketones is 1. The van der Waals surface area contributed by atoms with Crippen molar-refractivity contribution in [3.05, 3.63) is 16.7 Å². The molecule has 5 heteroatoms. The molecule has 1 aromatic carbocycles. The number of fused-ring (bicyclic) bond motifs is 1. The molecule has 1 saturated carbocycles. The summed E-state index contributed by atoms with van der Waals surface area (Å²) in [5.74, 6) is 0.0194. The van der Waals surface area contributed by atoms with Gasteiger partial charge in [-0.1, -0.05) is 34.6 Å². The van der Waals surface area contributed by atoms with Crippen LogP contribution < -0.4 is 4.74 Å². The van der Waals surface area contributed by atoms with E-state index in [1.165, 1.54) is 0 Å². The molecule has 1 aliphatic heterocycles. The smallest absolute Gasteiger partial charge is 0.170 e. The van der Waals surface area contributed by atoms with Crippen LogP contribution in [0.15, 0.2) is 0 Å². The van der Waals surface area contributed by atoms with E-state index >= 15 is 0 Å². The molecule has 1 aliphatic carbocycles. The minimum atomic E-state index is -0.462. The molecule has 28 heavy (non-hydrogen) atoms. The van der Waals surface area contributed by atoms with Gasteiger partial charge in [0, 0.05) is 17.4 Å². The Labute approximate surface area is 167 Å². The monoisotopic (exact) mass is 388 g/mol. The Morgan fingerprint density at radius 1 is 1.21 bits per heavy atom. The summed E-state index contributed by atoms with van der Waals surface area (Å²) in [6.45, 7) is 10.3. The highest BCUT2D eigenvalue weighted by atomic mass is 16.5. The predicted octanol–water partition coefficient (Wildman–Crippen LogP) is 5.05. The van der Waals surface area contributed by atoms with Gasteiger partial charge < -0.3 is 14.9 Å². The van der Waals surface area contributed by atoms with Crippen molar-refractivity contribution in [1.29, 1.82) is 0 Å². The van der Waals surface area contributed by atoms with Gasteiger partial charge in [-0.25, -0.2) is 0 Å². The van der Waals surface area contributed by atoms with Crippen molar-refractivity contribution in [2.75, 3.05) is 0 Å². The highest BCUT2D eigenvalue weighted by Crippen LogP contribution is 2.57. The number of rotatable bonds is 4. The Morgan fingerprint density at radius 3 is 2.36 bits per heavy atom. The molecule has 5 nitrogen and oxygen atoms in total. The van der Waals surface area contributed by atoms with Crippen LogP contribution >= 0.6 is 0 Å². The van der Waals surface area contributed by atoms with Gasteiger partial charge in [-0.05, 0) is 43.9 Å². The molecule has 3 rings (SSSR count). The average molecular weight is 389 g/mol. The Kier molecular flexibility index (Phi) is 5.24. The van der Waals surface area contributed by atoms with Gasteiger partial charge >= 0.3 is 0 Å². The van der Waals surface area contributed by atoms with Crippen LogP contribution in [0.5, 0.6) is 17.2 Å². The van der Waals surface area contributed by atoms with Crippen LogP contribution in [-0.4, -0.2) is 27.9 Å². The van der Waals surface area contributed by atoms with Crippen LogP contribution in [-0.2, 0) is 6.42 Å². The summed E-state index contributed by atoms with van der Waals surface area (Å²) in [5, 5.41) is 21.4. The van der Waals surface area contributed by atoms with Gasteiger partial charge in [-0.3, -0.25) is 9.59 Å². The van der Waals surface area contributed by atoms with Gasteiger partial charge in [0.25, 0.3) is 0 Å². The normalized spacial score (nSPS) is 26.0. The number of carbonyl (C=O) groups is 2. The second kappa shape index (κ2) is 7.09. The van der Waals surface area contributed by atoms with Gasteiger partial charge in [0.2, 0.25) is 0 Å². The standard InChI is InChI=1S/C23H32O5/c1-13(2)10-17(25)18-20(27)16(12-24)19(26)15-11-22(4,5)23(28-21(15)18)8-6-14(3)7-9-23/h12-14,26-27H,6-11H2,1-5H3. The first-order valence-corrected chi connectivity index (χ1v) is 10.3. The number of Topliss-reactive ketones (excluding diaryl/α,β-unsaturated/α-hetero) is 1. The molecule has 1 fully saturated rings. The molecule has 0 bridgehead atoms. The zero-order valence-electron chi connectivity index (χ0n) is 17.6. The first-order valence-electron chi connectivity index (χ1n) is 10.3. The molecular formula is C23H32O5. The van der Waals surface area contributed by atoms with Gasteiger partial charge in [0.1, 0.15) is 28.4 Å². The molecule has 2 N–H and O–H groups in total. The molecular weight excluding hydrogens is 356 g/mol. The van der Waals surface area contributed by atoms with E-state index in [-0.39, 0.29) is 46.2 Å². The Hall–Kier alpha value is -2.04. The van der Waals surface area contributed by atoms with Gasteiger partial charge in [-0.2, -0.15) is 0 Å². The fraction of sp³-hybridized carbons (Fsp3) is 0.652. The van der Waals surface area contributed by atoms with Gasteiger partial charge in [0.05, 0.1) is 5.56 Å². The quantitative estimate of drug-likeness (QED) is 0.557. The lowest BCUT2D eigenvalue weighted by atomic mass is 9.61. The Morgan fingerprint density at radius 2 is 1.82 bits per heavy atom. The third-order valence-corrected chi connectivity index (χ3v) is 6.76. The summed E-state index contributed by atoms with van der Waals surface area (Å²) in [6, 6.07) is 0.